The number of rotatable bonds is 7. The molecule has 10 nitrogen and oxygen atoms in total. The average Bonchev–Trinajstić information content (AvgIpc) is 3.55. The molecule has 0 saturated heterocycles. The zero-order valence-corrected chi connectivity index (χ0v) is 18.4. The minimum atomic E-state index is -0.482. The van der Waals surface area contributed by atoms with E-state index in [0.29, 0.717) is 22.5 Å². The third-order valence-corrected chi connectivity index (χ3v) is 5.35. The highest BCUT2D eigenvalue weighted by atomic mass is 16.5. The van der Waals surface area contributed by atoms with Crippen molar-refractivity contribution >= 4 is 34.6 Å². The summed E-state index contributed by atoms with van der Waals surface area (Å²) in [5.74, 6) is 0.464. The molecule has 33 heavy (non-hydrogen) atoms. The zero-order valence-electron chi connectivity index (χ0n) is 18.4. The normalized spacial score (nSPS) is 13.4. The van der Waals surface area contributed by atoms with Crippen LogP contribution in [0.2, 0.25) is 0 Å². The van der Waals surface area contributed by atoms with Crippen molar-refractivity contribution < 1.29 is 9.53 Å². The second-order valence-electron chi connectivity index (χ2n) is 8.29. The number of fused-ring (bicyclic) bond motifs is 1. The summed E-state index contributed by atoms with van der Waals surface area (Å²) >= 11 is 0. The number of nitrogens with one attached hydrogen (secondary N) is 1. The van der Waals surface area contributed by atoms with Crippen LogP contribution in [0, 0.1) is 0 Å². The molecule has 1 aliphatic rings. The largest absolute Gasteiger partial charge is 0.454 e. The van der Waals surface area contributed by atoms with Gasteiger partial charge in [-0.05, 0) is 44.9 Å². The van der Waals surface area contributed by atoms with Gasteiger partial charge in [0.25, 0.3) is 0 Å². The maximum Gasteiger partial charge on any atom is 0.339 e. The van der Waals surface area contributed by atoms with E-state index in [4.69, 9.17) is 15.5 Å². The number of esters is 1. The topological polar surface area (TPSA) is 134 Å². The SMILES string of the molecule is CC(C)n1ncc2c(C(=O)OCc3nc(N)nc(Nc4ccccc4)n3)cc(C3CC3)nc21. The van der Waals surface area contributed by atoms with Gasteiger partial charge in [-0.3, -0.25) is 0 Å². The van der Waals surface area contributed by atoms with E-state index in [2.05, 4.69) is 25.4 Å². The lowest BCUT2D eigenvalue weighted by Gasteiger charge is -2.11. The number of aromatic nitrogens is 6. The number of ether oxygens (including phenoxy) is 1. The molecule has 3 aromatic heterocycles. The Morgan fingerprint density at radius 2 is 1.97 bits per heavy atom. The minimum Gasteiger partial charge on any atom is -0.454 e. The Morgan fingerprint density at radius 1 is 1.18 bits per heavy atom. The molecule has 0 unspecified atom stereocenters. The molecule has 1 fully saturated rings. The number of pyridine rings is 1. The Hall–Kier alpha value is -4.08. The van der Waals surface area contributed by atoms with Gasteiger partial charge in [-0.15, -0.1) is 0 Å². The third kappa shape index (κ3) is 4.45. The first kappa shape index (κ1) is 20.8. The fourth-order valence-electron chi connectivity index (χ4n) is 3.59. The van der Waals surface area contributed by atoms with Crippen molar-refractivity contribution in [3.63, 3.8) is 0 Å². The van der Waals surface area contributed by atoms with Gasteiger partial charge in [-0.25, -0.2) is 14.5 Å². The number of benzene rings is 1. The molecule has 0 amide bonds. The van der Waals surface area contributed by atoms with Crippen molar-refractivity contribution in [2.75, 3.05) is 11.1 Å². The monoisotopic (exact) mass is 444 g/mol. The first-order valence-electron chi connectivity index (χ1n) is 10.9. The van der Waals surface area contributed by atoms with Gasteiger partial charge in [0, 0.05) is 23.3 Å². The number of nitrogen functional groups attached to an aromatic ring is 1. The number of carbonyl (C=O) groups is 1. The van der Waals surface area contributed by atoms with Crippen LogP contribution in [0.25, 0.3) is 11.0 Å². The smallest absolute Gasteiger partial charge is 0.339 e. The molecule has 0 radical (unpaired) electrons. The molecule has 168 valence electrons. The van der Waals surface area contributed by atoms with Crippen molar-refractivity contribution in [2.45, 2.75) is 45.3 Å². The Bertz CT molecular complexity index is 1320. The molecule has 1 aliphatic carbocycles. The lowest BCUT2D eigenvalue weighted by atomic mass is 10.1. The highest BCUT2D eigenvalue weighted by Gasteiger charge is 2.28. The number of hydrogen-bond donors (Lipinski definition) is 2. The van der Waals surface area contributed by atoms with Gasteiger partial charge in [-0.2, -0.15) is 20.1 Å². The van der Waals surface area contributed by atoms with E-state index >= 15 is 0 Å². The number of nitrogens with two attached hydrogens (primary N) is 1. The second-order valence-corrected chi connectivity index (χ2v) is 8.29. The van der Waals surface area contributed by atoms with Crippen molar-refractivity contribution in [1.82, 2.24) is 29.7 Å². The van der Waals surface area contributed by atoms with Crippen LogP contribution in [0.4, 0.5) is 17.6 Å². The van der Waals surface area contributed by atoms with Gasteiger partial charge in [0.2, 0.25) is 11.9 Å². The Labute approximate surface area is 190 Å². The highest BCUT2D eigenvalue weighted by molar-refractivity contribution is 6.02. The fraction of sp³-hybridized carbons (Fsp3) is 0.304. The quantitative estimate of drug-likeness (QED) is 0.409. The van der Waals surface area contributed by atoms with Crippen LogP contribution in [0.5, 0.6) is 0 Å². The molecule has 1 aromatic carbocycles. The first-order valence-corrected chi connectivity index (χ1v) is 10.9. The van der Waals surface area contributed by atoms with Crippen molar-refractivity contribution in [2.24, 2.45) is 0 Å². The summed E-state index contributed by atoms with van der Waals surface area (Å²) < 4.78 is 7.39. The van der Waals surface area contributed by atoms with E-state index in [0.717, 1.165) is 24.2 Å². The maximum atomic E-state index is 13.1. The molecule has 0 atom stereocenters. The molecule has 5 rings (SSSR count). The summed E-state index contributed by atoms with van der Waals surface area (Å²) in [7, 11) is 0. The van der Waals surface area contributed by atoms with Crippen LogP contribution in [-0.4, -0.2) is 35.7 Å². The van der Waals surface area contributed by atoms with Crippen LogP contribution in [0.1, 0.15) is 60.5 Å². The summed E-state index contributed by atoms with van der Waals surface area (Å²) in [6.07, 6.45) is 3.81. The van der Waals surface area contributed by atoms with Crippen LogP contribution < -0.4 is 11.1 Å². The molecular formula is C23H24N8O2. The zero-order chi connectivity index (χ0) is 22.9. The minimum absolute atomic E-state index is 0.0370. The lowest BCUT2D eigenvalue weighted by molar-refractivity contribution is 0.0464. The van der Waals surface area contributed by atoms with Crippen LogP contribution in [0.15, 0.2) is 42.6 Å². The van der Waals surface area contributed by atoms with E-state index in [1.54, 1.807) is 6.20 Å². The molecule has 4 aromatic rings. The summed E-state index contributed by atoms with van der Waals surface area (Å²) in [5, 5.41) is 8.16. The fourth-order valence-corrected chi connectivity index (χ4v) is 3.59. The number of para-hydroxylation sites is 1. The standard InChI is InChI=1S/C23H24N8O2/c1-13(2)31-20-17(11-25-31)16(10-18(27-20)14-8-9-14)21(32)33-12-19-28-22(24)30-23(29-19)26-15-6-4-3-5-7-15/h3-7,10-11,13-14H,8-9,12H2,1-2H3,(H3,24,26,28,29,30). The molecular weight excluding hydrogens is 420 g/mol. The van der Waals surface area contributed by atoms with E-state index in [1.807, 2.05) is 54.9 Å². The maximum absolute atomic E-state index is 13.1. The molecule has 1 saturated carbocycles. The van der Waals surface area contributed by atoms with Gasteiger partial charge in [0.15, 0.2) is 18.1 Å². The van der Waals surface area contributed by atoms with Crippen LogP contribution in [0.3, 0.4) is 0 Å². The number of carbonyl (C=O) groups excluding carboxylic acids is 1. The highest BCUT2D eigenvalue weighted by Crippen LogP contribution is 2.40. The van der Waals surface area contributed by atoms with Crippen molar-refractivity contribution in [1.29, 1.82) is 0 Å². The van der Waals surface area contributed by atoms with Crippen molar-refractivity contribution in [3.8, 4) is 0 Å². The van der Waals surface area contributed by atoms with E-state index in [9.17, 15) is 4.79 Å². The number of hydrogen-bond acceptors (Lipinski definition) is 9. The lowest BCUT2D eigenvalue weighted by Crippen LogP contribution is -2.12. The average molecular weight is 444 g/mol. The summed E-state index contributed by atoms with van der Waals surface area (Å²) in [6, 6.07) is 11.4. The summed E-state index contributed by atoms with van der Waals surface area (Å²) in [5.41, 5.74) is 8.68. The molecule has 0 bridgehead atoms. The second kappa shape index (κ2) is 8.45. The van der Waals surface area contributed by atoms with Crippen LogP contribution in [-0.2, 0) is 11.3 Å². The molecule has 0 spiro atoms. The Kier molecular flexibility index (Phi) is 5.33. The molecule has 10 heteroatoms. The van der Waals surface area contributed by atoms with E-state index in [-0.39, 0.29) is 30.4 Å². The molecule has 0 aliphatic heterocycles. The Morgan fingerprint density at radius 3 is 2.70 bits per heavy atom. The van der Waals surface area contributed by atoms with Gasteiger partial charge in [0.05, 0.1) is 17.1 Å². The molecule has 3 N–H and O–H groups in total. The van der Waals surface area contributed by atoms with Gasteiger partial charge in [-0.1, -0.05) is 18.2 Å². The van der Waals surface area contributed by atoms with E-state index < -0.39 is 5.97 Å². The third-order valence-electron chi connectivity index (χ3n) is 5.35. The summed E-state index contributed by atoms with van der Waals surface area (Å²) in [6.45, 7) is 3.92. The molecule has 3 heterocycles. The predicted molar refractivity (Wildman–Crippen MR) is 123 cm³/mol. The predicted octanol–water partition coefficient (Wildman–Crippen LogP) is 3.76. The van der Waals surface area contributed by atoms with E-state index in [1.165, 1.54) is 0 Å². The number of nitrogens with zero attached hydrogens (tertiary/aromatic N) is 6. The van der Waals surface area contributed by atoms with Crippen molar-refractivity contribution in [3.05, 3.63) is 59.7 Å². The van der Waals surface area contributed by atoms with Gasteiger partial charge >= 0.3 is 5.97 Å². The number of anilines is 3. The first-order chi connectivity index (χ1) is 16.0. The Balaban J connectivity index is 1.38. The summed E-state index contributed by atoms with van der Waals surface area (Å²) in [4.78, 5) is 30.4. The van der Waals surface area contributed by atoms with Crippen LogP contribution >= 0.6 is 0 Å². The van der Waals surface area contributed by atoms with Gasteiger partial charge in [0.1, 0.15) is 0 Å². The van der Waals surface area contributed by atoms with Gasteiger partial charge < -0.3 is 15.8 Å².